The number of hydrogen-bond donors (Lipinski definition) is 2. The van der Waals surface area contributed by atoms with Crippen LogP contribution in [0.4, 0.5) is 5.13 Å². The fourth-order valence-corrected chi connectivity index (χ4v) is 2.41. The van der Waals surface area contributed by atoms with Crippen molar-refractivity contribution < 1.29 is 0 Å². The highest BCUT2D eigenvalue weighted by Gasteiger charge is 2.08. The second-order valence-corrected chi connectivity index (χ2v) is 5.12. The lowest BCUT2D eigenvalue weighted by Crippen LogP contribution is -1.83. The van der Waals surface area contributed by atoms with Crippen molar-refractivity contribution in [1.82, 2.24) is 15.0 Å². The molecule has 0 aliphatic heterocycles. The van der Waals surface area contributed by atoms with Gasteiger partial charge >= 0.3 is 0 Å². The van der Waals surface area contributed by atoms with E-state index in [0.717, 1.165) is 27.0 Å². The van der Waals surface area contributed by atoms with Crippen molar-refractivity contribution in [2.45, 2.75) is 0 Å². The molecule has 4 nitrogen and oxygen atoms in total. The smallest absolute Gasteiger partial charge is 0.180 e. The molecule has 3 aromatic rings. The van der Waals surface area contributed by atoms with Gasteiger partial charge in [-0.25, -0.2) is 9.97 Å². The van der Waals surface area contributed by atoms with Crippen molar-refractivity contribution in [3.8, 4) is 11.5 Å². The Bertz CT molecular complexity index is 658. The van der Waals surface area contributed by atoms with Gasteiger partial charge in [0.15, 0.2) is 11.0 Å². The number of hydrogen-bond acceptors (Lipinski definition) is 4. The third-order valence-corrected chi connectivity index (χ3v) is 3.38. The summed E-state index contributed by atoms with van der Waals surface area (Å²) < 4.78 is 1.02. The van der Waals surface area contributed by atoms with Crippen LogP contribution in [0.5, 0.6) is 0 Å². The van der Waals surface area contributed by atoms with E-state index >= 15 is 0 Å². The Labute approximate surface area is 104 Å². The Hall–Kier alpha value is -1.40. The molecule has 0 atom stereocenters. The molecule has 3 N–H and O–H groups in total. The molecule has 0 radical (unpaired) electrons. The highest BCUT2D eigenvalue weighted by atomic mass is 79.9. The number of nitrogens with two attached hydrogens (primary N) is 1. The minimum atomic E-state index is 0.552. The molecule has 0 aliphatic carbocycles. The highest BCUT2D eigenvalue weighted by molar-refractivity contribution is 9.10. The van der Waals surface area contributed by atoms with Crippen LogP contribution in [0.1, 0.15) is 0 Å². The van der Waals surface area contributed by atoms with Gasteiger partial charge in [0.1, 0.15) is 5.69 Å². The number of thiazole rings is 1. The van der Waals surface area contributed by atoms with Crippen LogP contribution in [0.3, 0.4) is 0 Å². The van der Waals surface area contributed by atoms with Crippen LogP contribution in [-0.4, -0.2) is 15.0 Å². The average Bonchev–Trinajstić information content (AvgIpc) is 2.83. The first-order chi connectivity index (χ1) is 7.72. The molecule has 80 valence electrons. The van der Waals surface area contributed by atoms with Crippen LogP contribution >= 0.6 is 27.3 Å². The largest absolute Gasteiger partial charge is 0.375 e. The van der Waals surface area contributed by atoms with Gasteiger partial charge in [-0.15, -0.1) is 11.3 Å². The van der Waals surface area contributed by atoms with Gasteiger partial charge in [-0.05, 0) is 18.2 Å². The van der Waals surface area contributed by atoms with Gasteiger partial charge < -0.3 is 10.7 Å². The lowest BCUT2D eigenvalue weighted by Gasteiger charge is -1.87. The molecule has 0 bridgehead atoms. The number of H-pyrrole nitrogens is 1. The number of nitrogens with one attached hydrogen (secondary N) is 1. The summed E-state index contributed by atoms with van der Waals surface area (Å²) in [7, 11) is 0. The number of aromatic amines is 1. The molecule has 0 spiro atoms. The quantitative estimate of drug-likeness (QED) is 0.725. The van der Waals surface area contributed by atoms with E-state index in [-0.39, 0.29) is 0 Å². The number of fused-ring (bicyclic) bond motifs is 1. The average molecular weight is 295 g/mol. The summed E-state index contributed by atoms with van der Waals surface area (Å²) in [6, 6.07) is 5.90. The minimum Gasteiger partial charge on any atom is -0.375 e. The Morgan fingerprint density at radius 3 is 2.94 bits per heavy atom. The number of aromatic nitrogens is 3. The normalized spacial score (nSPS) is 11.1. The van der Waals surface area contributed by atoms with Crippen molar-refractivity contribution in [3.05, 3.63) is 28.1 Å². The second kappa shape index (κ2) is 3.57. The highest BCUT2D eigenvalue weighted by Crippen LogP contribution is 2.24. The Kier molecular flexibility index (Phi) is 2.19. The molecule has 0 amide bonds. The molecule has 0 aliphatic rings. The Morgan fingerprint density at radius 2 is 2.19 bits per heavy atom. The number of nitrogen functional groups attached to an aromatic ring is 1. The topological polar surface area (TPSA) is 67.6 Å². The van der Waals surface area contributed by atoms with E-state index in [0.29, 0.717) is 5.13 Å². The molecule has 0 saturated carbocycles. The lowest BCUT2D eigenvalue weighted by atomic mass is 10.3. The number of anilines is 1. The van der Waals surface area contributed by atoms with Crippen LogP contribution < -0.4 is 5.73 Å². The first-order valence-electron chi connectivity index (χ1n) is 4.59. The summed E-state index contributed by atoms with van der Waals surface area (Å²) in [6.45, 7) is 0. The number of halogens is 1. The van der Waals surface area contributed by atoms with E-state index < -0.39 is 0 Å². The summed E-state index contributed by atoms with van der Waals surface area (Å²) in [5.41, 5.74) is 8.28. The molecular formula is C10H7BrN4S. The third kappa shape index (κ3) is 1.60. The minimum absolute atomic E-state index is 0.552. The number of nitrogens with zero attached hydrogens (tertiary/aromatic N) is 2. The number of benzene rings is 1. The maximum Gasteiger partial charge on any atom is 0.180 e. The fourth-order valence-electron chi connectivity index (χ4n) is 1.50. The van der Waals surface area contributed by atoms with Gasteiger partial charge in [0.25, 0.3) is 0 Å². The predicted octanol–water partition coefficient (Wildman–Crippen LogP) is 3.03. The number of imidazole rings is 1. The molecule has 0 unspecified atom stereocenters. The van der Waals surface area contributed by atoms with E-state index in [9.17, 15) is 0 Å². The fraction of sp³-hybridized carbons (Fsp3) is 0. The van der Waals surface area contributed by atoms with Crippen LogP contribution in [0, 0.1) is 0 Å². The molecular weight excluding hydrogens is 288 g/mol. The lowest BCUT2D eigenvalue weighted by molar-refractivity contribution is 1.28. The molecule has 2 aromatic heterocycles. The molecule has 2 heterocycles. The maximum atomic E-state index is 5.59. The zero-order chi connectivity index (χ0) is 11.1. The van der Waals surface area contributed by atoms with Crippen LogP contribution in [-0.2, 0) is 0 Å². The molecule has 0 saturated heterocycles. The van der Waals surface area contributed by atoms with Gasteiger partial charge in [-0.3, -0.25) is 0 Å². The van der Waals surface area contributed by atoms with Crippen molar-refractivity contribution >= 4 is 43.4 Å². The van der Waals surface area contributed by atoms with E-state index in [1.165, 1.54) is 11.3 Å². The van der Waals surface area contributed by atoms with Gasteiger partial charge in [0.05, 0.1) is 11.0 Å². The summed E-state index contributed by atoms with van der Waals surface area (Å²) in [6.07, 6.45) is 0. The molecule has 1 aromatic carbocycles. The van der Waals surface area contributed by atoms with Gasteiger partial charge in [-0.2, -0.15) is 0 Å². The first-order valence-corrected chi connectivity index (χ1v) is 6.26. The standard InChI is InChI=1S/C10H7BrN4S/c11-5-1-2-6-7(3-5)14-9(13-6)8-4-16-10(12)15-8/h1-4H,(H2,12,15)(H,13,14). The van der Waals surface area contributed by atoms with E-state index in [1.54, 1.807) is 0 Å². The van der Waals surface area contributed by atoms with Crippen LogP contribution in [0.15, 0.2) is 28.1 Å². The summed E-state index contributed by atoms with van der Waals surface area (Å²) in [5, 5.41) is 2.44. The first kappa shape index (κ1) is 9.80. The van der Waals surface area contributed by atoms with Gasteiger partial charge in [0, 0.05) is 9.85 Å². The Morgan fingerprint density at radius 1 is 1.31 bits per heavy atom. The zero-order valence-electron chi connectivity index (χ0n) is 8.07. The second-order valence-electron chi connectivity index (χ2n) is 3.32. The molecule has 3 rings (SSSR count). The van der Waals surface area contributed by atoms with E-state index in [1.807, 2.05) is 23.6 Å². The molecule has 6 heteroatoms. The Balaban J connectivity index is 2.18. The van der Waals surface area contributed by atoms with Crippen molar-refractivity contribution in [3.63, 3.8) is 0 Å². The zero-order valence-corrected chi connectivity index (χ0v) is 10.5. The van der Waals surface area contributed by atoms with Gasteiger partial charge in [0.2, 0.25) is 0 Å². The molecule has 0 fully saturated rings. The summed E-state index contributed by atoms with van der Waals surface area (Å²) in [5.74, 6) is 0.751. The SMILES string of the molecule is Nc1nc(-c2nc3ccc(Br)cc3[nH]2)cs1. The van der Waals surface area contributed by atoms with Crippen molar-refractivity contribution in [2.24, 2.45) is 0 Å². The van der Waals surface area contributed by atoms with Crippen LogP contribution in [0.25, 0.3) is 22.6 Å². The van der Waals surface area contributed by atoms with E-state index in [4.69, 9.17) is 5.73 Å². The number of rotatable bonds is 1. The van der Waals surface area contributed by atoms with E-state index in [2.05, 4.69) is 30.9 Å². The summed E-state index contributed by atoms with van der Waals surface area (Å²) >= 11 is 4.83. The summed E-state index contributed by atoms with van der Waals surface area (Å²) in [4.78, 5) is 11.9. The van der Waals surface area contributed by atoms with Crippen molar-refractivity contribution in [2.75, 3.05) is 5.73 Å². The van der Waals surface area contributed by atoms with Gasteiger partial charge in [-0.1, -0.05) is 15.9 Å². The molecule has 16 heavy (non-hydrogen) atoms. The van der Waals surface area contributed by atoms with Crippen LogP contribution in [0.2, 0.25) is 0 Å². The predicted molar refractivity (Wildman–Crippen MR) is 69.3 cm³/mol. The van der Waals surface area contributed by atoms with Crippen molar-refractivity contribution in [1.29, 1.82) is 0 Å². The third-order valence-electron chi connectivity index (χ3n) is 2.21. The monoisotopic (exact) mass is 294 g/mol. The maximum absolute atomic E-state index is 5.59.